The van der Waals surface area contributed by atoms with E-state index in [2.05, 4.69) is 24.1 Å². The minimum Gasteiger partial charge on any atom is -0.343 e. The molecule has 1 rings (SSSR count). The molecule has 60 valence electrons. The van der Waals surface area contributed by atoms with E-state index in [9.17, 15) is 4.79 Å². The molecule has 1 saturated carbocycles. The topological polar surface area (TPSA) is 29.1 Å². The van der Waals surface area contributed by atoms with Gasteiger partial charge in [-0.1, -0.05) is 12.8 Å². The molecular weight excluding hydrogens is 138 g/mol. The molecule has 0 aromatic carbocycles. The van der Waals surface area contributed by atoms with E-state index in [-0.39, 0.29) is 5.91 Å². The Labute approximate surface area is 67.4 Å². The molecule has 0 aliphatic heterocycles. The van der Waals surface area contributed by atoms with Crippen molar-refractivity contribution in [3.63, 3.8) is 0 Å². The van der Waals surface area contributed by atoms with E-state index in [1.165, 1.54) is 0 Å². The molecule has 1 aliphatic rings. The Bertz CT molecular complexity index is 205. The van der Waals surface area contributed by atoms with Crippen molar-refractivity contribution in [1.82, 2.24) is 5.32 Å². The predicted molar refractivity (Wildman–Crippen MR) is 43.8 cm³/mol. The molecule has 0 bridgehead atoms. The molecule has 1 fully saturated rings. The standard InChI is InChI=1S/C9H13NO/c1-3-4-9(11)10-8-5-7(2)6-8/h7-8H,5-6H2,1-2H3,(H,10,11)/t7-,8-. The Balaban J connectivity index is 2.20. The lowest BCUT2D eigenvalue weighted by Crippen LogP contribution is -2.42. The van der Waals surface area contributed by atoms with E-state index in [4.69, 9.17) is 0 Å². The molecule has 1 amide bonds. The zero-order valence-electron chi connectivity index (χ0n) is 6.98. The summed E-state index contributed by atoms with van der Waals surface area (Å²) >= 11 is 0. The van der Waals surface area contributed by atoms with Crippen molar-refractivity contribution >= 4 is 5.91 Å². The average Bonchev–Trinajstić information content (AvgIpc) is 1.85. The highest BCUT2D eigenvalue weighted by Gasteiger charge is 2.25. The largest absolute Gasteiger partial charge is 0.343 e. The zero-order valence-corrected chi connectivity index (χ0v) is 6.98. The first-order chi connectivity index (χ1) is 5.22. The summed E-state index contributed by atoms with van der Waals surface area (Å²) < 4.78 is 0. The van der Waals surface area contributed by atoms with Crippen LogP contribution in [0.15, 0.2) is 0 Å². The minimum absolute atomic E-state index is 0.135. The zero-order chi connectivity index (χ0) is 8.27. The summed E-state index contributed by atoms with van der Waals surface area (Å²) in [6.07, 6.45) is 2.22. The second-order valence-corrected chi connectivity index (χ2v) is 3.12. The monoisotopic (exact) mass is 151 g/mol. The lowest BCUT2D eigenvalue weighted by atomic mass is 9.82. The highest BCUT2D eigenvalue weighted by molar-refractivity contribution is 5.93. The van der Waals surface area contributed by atoms with Crippen LogP contribution in [0.25, 0.3) is 0 Å². The minimum atomic E-state index is -0.135. The fourth-order valence-corrected chi connectivity index (χ4v) is 1.36. The summed E-state index contributed by atoms with van der Waals surface area (Å²) in [5.41, 5.74) is 0. The Morgan fingerprint density at radius 1 is 1.55 bits per heavy atom. The summed E-state index contributed by atoms with van der Waals surface area (Å²) in [5.74, 6) is 5.67. The van der Waals surface area contributed by atoms with Crippen molar-refractivity contribution in [2.45, 2.75) is 32.7 Å². The van der Waals surface area contributed by atoms with E-state index in [0.29, 0.717) is 6.04 Å². The molecule has 0 saturated heterocycles. The van der Waals surface area contributed by atoms with E-state index < -0.39 is 0 Å². The van der Waals surface area contributed by atoms with E-state index in [1.54, 1.807) is 6.92 Å². The lowest BCUT2D eigenvalue weighted by molar-refractivity contribution is -0.117. The Morgan fingerprint density at radius 3 is 2.64 bits per heavy atom. The first-order valence-corrected chi connectivity index (χ1v) is 3.95. The van der Waals surface area contributed by atoms with Crippen LogP contribution in [0.3, 0.4) is 0 Å². The number of amides is 1. The highest BCUT2D eigenvalue weighted by Crippen LogP contribution is 2.25. The van der Waals surface area contributed by atoms with Gasteiger partial charge in [0.05, 0.1) is 0 Å². The van der Waals surface area contributed by atoms with Gasteiger partial charge in [0.1, 0.15) is 0 Å². The third-order valence-electron chi connectivity index (χ3n) is 1.95. The third-order valence-corrected chi connectivity index (χ3v) is 1.95. The van der Waals surface area contributed by atoms with Crippen LogP contribution >= 0.6 is 0 Å². The van der Waals surface area contributed by atoms with Gasteiger partial charge in [0.25, 0.3) is 5.91 Å². The molecule has 0 radical (unpaired) electrons. The van der Waals surface area contributed by atoms with Crippen LogP contribution in [0.4, 0.5) is 0 Å². The summed E-state index contributed by atoms with van der Waals surface area (Å²) in [4.78, 5) is 10.9. The average molecular weight is 151 g/mol. The Hall–Kier alpha value is -0.970. The normalized spacial score (nSPS) is 27.8. The number of carbonyl (C=O) groups excluding carboxylic acids is 1. The maximum atomic E-state index is 10.9. The van der Waals surface area contributed by atoms with Crippen LogP contribution in [0, 0.1) is 17.8 Å². The summed E-state index contributed by atoms with van der Waals surface area (Å²) in [7, 11) is 0. The van der Waals surface area contributed by atoms with Crippen molar-refractivity contribution in [1.29, 1.82) is 0 Å². The first kappa shape index (κ1) is 8.13. The van der Waals surface area contributed by atoms with Gasteiger partial charge in [0, 0.05) is 6.04 Å². The maximum absolute atomic E-state index is 10.9. The fourth-order valence-electron chi connectivity index (χ4n) is 1.36. The predicted octanol–water partition coefficient (Wildman–Crippen LogP) is 0.924. The highest BCUT2D eigenvalue weighted by atomic mass is 16.1. The molecule has 0 atom stereocenters. The van der Waals surface area contributed by atoms with Gasteiger partial charge < -0.3 is 5.32 Å². The smallest absolute Gasteiger partial charge is 0.296 e. The van der Waals surface area contributed by atoms with Crippen molar-refractivity contribution in [3.8, 4) is 11.8 Å². The number of rotatable bonds is 1. The van der Waals surface area contributed by atoms with Crippen LogP contribution in [0.2, 0.25) is 0 Å². The maximum Gasteiger partial charge on any atom is 0.296 e. The van der Waals surface area contributed by atoms with Gasteiger partial charge in [-0.25, -0.2) is 0 Å². The van der Waals surface area contributed by atoms with Crippen molar-refractivity contribution in [2.75, 3.05) is 0 Å². The summed E-state index contributed by atoms with van der Waals surface area (Å²) in [6, 6.07) is 0.387. The molecule has 0 spiro atoms. The summed E-state index contributed by atoms with van der Waals surface area (Å²) in [6.45, 7) is 3.86. The molecule has 0 aromatic rings. The van der Waals surface area contributed by atoms with E-state index >= 15 is 0 Å². The Morgan fingerprint density at radius 2 is 2.18 bits per heavy atom. The number of carbonyl (C=O) groups is 1. The molecule has 1 aliphatic carbocycles. The van der Waals surface area contributed by atoms with Crippen molar-refractivity contribution in [3.05, 3.63) is 0 Å². The van der Waals surface area contributed by atoms with Crippen LogP contribution in [-0.4, -0.2) is 11.9 Å². The van der Waals surface area contributed by atoms with E-state index in [1.807, 2.05) is 0 Å². The van der Waals surface area contributed by atoms with Gasteiger partial charge in [0.15, 0.2) is 0 Å². The molecule has 2 heteroatoms. The van der Waals surface area contributed by atoms with Gasteiger partial charge in [-0.05, 0) is 31.6 Å². The van der Waals surface area contributed by atoms with Crippen LogP contribution in [-0.2, 0) is 4.79 Å². The second kappa shape index (κ2) is 3.43. The molecule has 2 nitrogen and oxygen atoms in total. The third kappa shape index (κ3) is 2.27. The molecule has 0 heterocycles. The van der Waals surface area contributed by atoms with Crippen molar-refractivity contribution in [2.24, 2.45) is 5.92 Å². The van der Waals surface area contributed by atoms with Crippen LogP contribution in [0.5, 0.6) is 0 Å². The van der Waals surface area contributed by atoms with Gasteiger partial charge in [-0.2, -0.15) is 0 Å². The van der Waals surface area contributed by atoms with Gasteiger partial charge in [-0.3, -0.25) is 4.79 Å². The van der Waals surface area contributed by atoms with Gasteiger partial charge in [-0.15, -0.1) is 0 Å². The SMILES string of the molecule is CC#CC(=O)N[C@H]1C[C@H](C)C1. The summed E-state index contributed by atoms with van der Waals surface area (Å²) in [5, 5.41) is 2.84. The van der Waals surface area contributed by atoms with Crippen LogP contribution in [0.1, 0.15) is 26.7 Å². The molecule has 0 unspecified atom stereocenters. The fraction of sp³-hybridized carbons (Fsp3) is 0.667. The van der Waals surface area contributed by atoms with E-state index in [0.717, 1.165) is 18.8 Å². The lowest BCUT2D eigenvalue weighted by Gasteiger charge is -2.32. The Kier molecular flexibility index (Phi) is 2.53. The number of hydrogen-bond acceptors (Lipinski definition) is 1. The quantitative estimate of drug-likeness (QED) is 0.555. The number of nitrogens with one attached hydrogen (secondary N) is 1. The molecule has 0 aromatic heterocycles. The molecular formula is C9H13NO. The second-order valence-electron chi connectivity index (χ2n) is 3.12. The van der Waals surface area contributed by atoms with Gasteiger partial charge >= 0.3 is 0 Å². The first-order valence-electron chi connectivity index (χ1n) is 3.95. The van der Waals surface area contributed by atoms with Crippen molar-refractivity contribution < 1.29 is 4.79 Å². The number of hydrogen-bond donors (Lipinski definition) is 1. The van der Waals surface area contributed by atoms with Gasteiger partial charge in [0.2, 0.25) is 0 Å². The molecule has 1 N–H and O–H groups in total. The van der Waals surface area contributed by atoms with Crippen LogP contribution < -0.4 is 5.32 Å². The molecule has 11 heavy (non-hydrogen) atoms.